The summed E-state index contributed by atoms with van der Waals surface area (Å²) in [4.78, 5) is 28.1. The Labute approximate surface area is 169 Å². The standard InChI is InChI=1S/C21H14Cl2N2O3/c22-14-9-17(23)19-18(10-14)24-21(27)25(20(19)26)15-7-4-8-16(11-15)28-12-13-5-2-1-3-6-13/h1-11H,12H2,(H,24,27). The maximum Gasteiger partial charge on any atom is 0.333 e. The highest BCUT2D eigenvalue weighted by Gasteiger charge is 2.14. The van der Waals surface area contributed by atoms with Crippen LogP contribution in [0.1, 0.15) is 5.56 Å². The van der Waals surface area contributed by atoms with Crippen LogP contribution in [0.5, 0.6) is 5.75 Å². The number of benzene rings is 3. The molecule has 1 N–H and O–H groups in total. The summed E-state index contributed by atoms with van der Waals surface area (Å²) in [7, 11) is 0. The third-order valence-electron chi connectivity index (χ3n) is 4.24. The van der Waals surface area contributed by atoms with E-state index in [0.717, 1.165) is 10.1 Å². The third-order valence-corrected chi connectivity index (χ3v) is 4.76. The van der Waals surface area contributed by atoms with Gasteiger partial charge >= 0.3 is 5.69 Å². The minimum absolute atomic E-state index is 0.175. The Morgan fingerprint density at radius 1 is 0.929 bits per heavy atom. The molecule has 7 heteroatoms. The molecular formula is C21H14Cl2N2O3. The summed E-state index contributed by atoms with van der Waals surface area (Å²) in [5.41, 5.74) is 0.568. The molecule has 0 saturated carbocycles. The van der Waals surface area contributed by atoms with Gasteiger partial charge in [-0.2, -0.15) is 0 Å². The van der Waals surface area contributed by atoms with Gasteiger partial charge in [0.15, 0.2) is 0 Å². The fourth-order valence-corrected chi connectivity index (χ4v) is 3.53. The molecule has 140 valence electrons. The van der Waals surface area contributed by atoms with E-state index in [0.29, 0.717) is 28.6 Å². The monoisotopic (exact) mass is 412 g/mol. The zero-order valence-electron chi connectivity index (χ0n) is 14.5. The van der Waals surface area contributed by atoms with Gasteiger partial charge in [0.05, 0.1) is 21.6 Å². The minimum atomic E-state index is -0.587. The number of aromatic amines is 1. The van der Waals surface area contributed by atoms with Crippen LogP contribution in [0.4, 0.5) is 0 Å². The summed E-state index contributed by atoms with van der Waals surface area (Å²) in [5, 5.41) is 0.705. The van der Waals surface area contributed by atoms with Crippen LogP contribution in [0.2, 0.25) is 10.0 Å². The van der Waals surface area contributed by atoms with E-state index in [2.05, 4.69) is 4.98 Å². The maximum atomic E-state index is 12.9. The molecule has 0 saturated heterocycles. The van der Waals surface area contributed by atoms with E-state index in [1.54, 1.807) is 24.3 Å². The average Bonchev–Trinajstić information content (AvgIpc) is 2.66. The van der Waals surface area contributed by atoms with Crippen molar-refractivity contribution in [3.8, 4) is 11.4 Å². The topological polar surface area (TPSA) is 64.1 Å². The lowest BCUT2D eigenvalue weighted by Gasteiger charge is -2.10. The number of ether oxygens (including phenoxy) is 1. The van der Waals surface area contributed by atoms with Crippen LogP contribution in [0.25, 0.3) is 16.6 Å². The Bertz CT molecular complexity index is 1280. The molecule has 0 spiro atoms. The molecule has 4 aromatic rings. The summed E-state index contributed by atoms with van der Waals surface area (Å²) >= 11 is 12.1. The molecule has 0 radical (unpaired) electrons. The predicted octanol–water partition coefficient (Wildman–Crippen LogP) is 4.56. The zero-order valence-corrected chi connectivity index (χ0v) is 16.0. The van der Waals surface area contributed by atoms with E-state index >= 15 is 0 Å². The lowest BCUT2D eigenvalue weighted by Crippen LogP contribution is -2.33. The minimum Gasteiger partial charge on any atom is -0.489 e. The summed E-state index contributed by atoms with van der Waals surface area (Å²) in [5.74, 6) is 0.537. The van der Waals surface area contributed by atoms with Crippen LogP contribution in [0, 0.1) is 0 Å². The van der Waals surface area contributed by atoms with Crippen LogP contribution in [0.15, 0.2) is 76.3 Å². The molecule has 0 unspecified atom stereocenters. The molecule has 0 amide bonds. The van der Waals surface area contributed by atoms with Crippen molar-refractivity contribution in [3.05, 3.63) is 103 Å². The SMILES string of the molecule is O=c1[nH]c2cc(Cl)cc(Cl)c2c(=O)n1-c1cccc(OCc2ccccc2)c1. The second-order valence-electron chi connectivity index (χ2n) is 6.15. The van der Waals surface area contributed by atoms with E-state index in [1.165, 1.54) is 12.1 Å². The van der Waals surface area contributed by atoms with Crippen LogP contribution < -0.4 is 16.0 Å². The van der Waals surface area contributed by atoms with Gasteiger partial charge in [0.1, 0.15) is 12.4 Å². The largest absolute Gasteiger partial charge is 0.489 e. The third kappa shape index (κ3) is 3.54. The van der Waals surface area contributed by atoms with Gasteiger partial charge in [0, 0.05) is 11.1 Å². The summed E-state index contributed by atoms with van der Waals surface area (Å²) < 4.78 is 6.82. The normalized spacial score (nSPS) is 10.9. The average molecular weight is 413 g/mol. The maximum absolute atomic E-state index is 12.9. The Kier molecular flexibility index (Phi) is 4.94. The Morgan fingerprint density at radius 3 is 2.50 bits per heavy atom. The highest BCUT2D eigenvalue weighted by molar-refractivity contribution is 6.38. The van der Waals surface area contributed by atoms with E-state index < -0.39 is 11.2 Å². The van der Waals surface area contributed by atoms with Gasteiger partial charge in [-0.25, -0.2) is 9.36 Å². The lowest BCUT2D eigenvalue weighted by atomic mass is 10.2. The van der Waals surface area contributed by atoms with Crippen molar-refractivity contribution in [3.63, 3.8) is 0 Å². The molecule has 3 aromatic carbocycles. The van der Waals surface area contributed by atoms with E-state index in [1.807, 2.05) is 30.3 Å². The van der Waals surface area contributed by atoms with Crippen molar-refractivity contribution in [2.24, 2.45) is 0 Å². The van der Waals surface area contributed by atoms with Gasteiger partial charge in [0.2, 0.25) is 0 Å². The quantitative estimate of drug-likeness (QED) is 0.533. The predicted molar refractivity (Wildman–Crippen MR) is 111 cm³/mol. The fraction of sp³-hybridized carbons (Fsp3) is 0.0476. The number of aromatic nitrogens is 2. The van der Waals surface area contributed by atoms with Gasteiger partial charge in [-0.05, 0) is 29.8 Å². The molecular weight excluding hydrogens is 399 g/mol. The number of hydrogen-bond donors (Lipinski definition) is 1. The van der Waals surface area contributed by atoms with Crippen molar-refractivity contribution < 1.29 is 4.74 Å². The molecule has 28 heavy (non-hydrogen) atoms. The number of hydrogen-bond acceptors (Lipinski definition) is 3. The molecule has 5 nitrogen and oxygen atoms in total. The van der Waals surface area contributed by atoms with E-state index in [9.17, 15) is 9.59 Å². The first-order valence-electron chi connectivity index (χ1n) is 8.44. The van der Waals surface area contributed by atoms with Gasteiger partial charge in [0.25, 0.3) is 5.56 Å². The zero-order chi connectivity index (χ0) is 19.7. The molecule has 0 aliphatic rings. The highest BCUT2D eigenvalue weighted by Crippen LogP contribution is 2.24. The van der Waals surface area contributed by atoms with Gasteiger partial charge < -0.3 is 9.72 Å². The van der Waals surface area contributed by atoms with E-state index in [4.69, 9.17) is 27.9 Å². The number of fused-ring (bicyclic) bond motifs is 1. The lowest BCUT2D eigenvalue weighted by molar-refractivity contribution is 0.306. The van der Waals surface area contributed by atoms with Crippen LogP contribution in [-0.2, 0) is 6.61 Å². The smallest absolute Gasteiger partial charge is 0.333 e. The number of halogens is 2. The Hall–Kier alpha value is -3.02. The van der Waals surface area contributed by atoms with Crippen molar-refractivity contribution in [1.82, 2.24) is 9.55 Å². The first-order chi connectivity index (χ1) is 13.5. The molecule has 1 heterocycles. The highest BCUT2D eigenvalue weighted by atomic mass is 35.5. The Morgan fingerprint density at radius 2 is 1.71 bits per heavy atom. The molecule has 4 rings (SSSR count). The summed E-state index contributed by atoms with van der Waals surface area (Å²) in [6, 6.07) is 19.4. The van der Waals surface area contributed by atoms with Crippen molar-refractivity contribution in [1.29, 1.82) is 0 Å². The summed E-state index contributed by atoms with van der Waals surface area (Å²) in [6.45, 7) is 0.373. The number of H-pyrrole nitrogens is 1. The van der Waals surface area contributed by atoms with Crippen LogP contribution in [-0.4, -0.2) is 9.55 Å². The second-order valence-corrected chi connectivity index (χ2v) is 7.00. The number of nitrogens with zero attached hydrogens (tertiary/aromatic N) is 1. The summed E-state index contributed by atoms with van der Waals surface area (Å²) in [6.07, 6.45) is 0. The van der Waals surface area contributed by atoms with Crippen LogP contribution in [0.3, 0.4) is 0 Å². The molecule has 0 fully saturated rings. The molecule has 0 aliphatic carbocycles. The number of rotatable bonds is 4. The van der Waals surface area contributed by atoms with Crippen molar-refractivity contribution in [2.45, 2.75) is 6.61 Å². The van der Waals surface area contributed by atoms with Crippen molar-refractivity contribution in [2.75, 3.05) is 0 Å². The van der Waals surface area contributed by atoms with Gasteiger partial charge in [-0.1, -0.05) is 59.6 Å². The second kappa shape index (κ2) is 7.54. The molecule has 1 aromatic heterocycles. The van der Waals surface area contributed by atoms with Crippen LogP contribution >= 0.6 is 23.2 Å². The molecule has 0 bridgehead atoms. The first kappa shape index (κ1) is 18.3. The number of nitrogens with one attached hydrogen (secondary N) is 1. The van der Waals surface area contributed by atoms with Crippen molar-refractivity contribution >= 4 is 34.1 Å². The fourth-order valence-electron chi connectivity index (χ4n) is 2.95. The first-order valence-corrected chi connectivity index (χ1v) is 9.20. The molecule has 0 aliphatic heterocycles. The molecule has 0 atom stereocenters. The Balaban J connectivity index is 1.76. The van der Waals surface area contributed by atoms with Gasteiger partial charge in [-0.15, -0.1) is 0 Å². The van der Waals surface area contributed by atoms with Gasteiger partial charge in [-0.3, -0.25) is 4.79 Å². The van der Waals surface area contributed by atoms with E-state index in [-0.39, 0.29) is 10.4 Å².